The van der Waals surface area contributed by atoms with Crippen LogP contribution in [0, 0.1) is 0 Å². The molecule has 6 nitrogen and oxygen atoms in total. The predicted molar refractivity (Wildman–Crippen MR) is 73.9 cm³/mol. The van der Waals surface area contributed by atoms with E-state index < -0.39 is 0 Å². The maximum atomic E-state index is 12.7. The molecule has 0 atom stereocenters. The maximum absolute atomic E-state index is 12.7. The Morgan fingerprint density at radius 3 is 2.35 bits per heavy atom. The zero-order valence-electron chi connectivity index (χ0n) is 10.3. The van der Waals surface area contributed by atoms with Gasteiger partial charge in [-0.1, -0.05) is 36.4 Å². The largest absolute Gasteiger partial charge is 0.279 e. The Labute approximate surface area is 112 Å². The molecule has 0 saturated heterocycles. The van der Waals surface area contributed by atoms with Crippen LogP contribution >= 0.6 is 0 Å². The summed E-state index contributed by atoms with van der Waals surface area (Å²) in [6.45, 7) is 0. The lowest BCUT2D eigenvalue weighted by Gasteiger charge is -2.08. The molecule has 0 unspecified atom stereocenters. The van der Waals surface area contributed by atoms with Crippen LogP contribution in [0.25, 0.3) is 22.1 Å². The number of hydrogen-bond acceptors (Lipinski definition) is 4. The van der Waals surface area contributed by atoms with Gasteiger partial charge in [-0.3, -0.25) is 4.79 Å². The third-order valence-electron chi connectivity index (χ3n) is 3.23. The molecule has 2 aromatic heterocycles. The molecule has 0 amide bonds. The molecule has 6 heteroatoms. The number of hydrogen-bond donors (Lipinski definition) is 0. The Morgan fingerprint density at radius 2 is 1.55 bits per heavy atom. The Balaban J connectivity index is 2.27. The van der Waals surface area contributed by atoms with Crippen molar-refractivity contribution in [3.05, 3.63) is 65.0 Å². The average molecular weight is 263 g/mol. The molecule has 0 aliphatic rings. The zero-order chi connectivity index (χ0) is 13.5. The number of rotatable bonds is 1. The summed E-state index contributed by atoms with van der Waals surface area (Å²) in [5, 5.41) is 13.0. The van der Waals surface area contributed by atoms with Gasteiger partial charge in [0.2, 0.25) is 5.65 Å². The van der Waals surface area contributed by atoms with E-state index in [2.05, 4.69) is 15.5 Å². The SMILES string of the molecule is O=c1c2ccccc2c2nnnn2n1-c1ccccc1. The summed E-state index contributed by atoms with van der Waals surface area (Å²) in [7, 11) is 0. The zero-order valence-corrected chi connectivity index (χ0v) is 10.3. The molecule has 0 spiro atoms. The first-order chi connectivity index (χ1) is 9.86. The van der Waals surface area contributed by atoms with Crippen molar-refractivity contribution in [2.45, 2.75) is 0 Å². The van der Waals surface area contributed by atoms with E-state index in [1.807, 2.05) is 48.5 Å². The molecule has 0 N–H and O–H groups in total. The van der Waals surface area contributed by atoms with Crippen LogP contribution in [0.5, 0.6) is 0 Å². The summed E-state index contributed by atoms with van der Waals surface area (Å²) in [5.41, 5.74) is 1.14. The molecule has 0 radical (unpaired) electrons. The molecule has 4 aromatic rings. The molecule has 0 aliphatic heterocycles. The van der Waals surface area contributed by atoms with E-state index in [0.717, 1.165) is 11.1 Å². The van der Waals surface area contributed by atoms with Crippen LogP contribution < -0.4 is 5.56 Å². The summed E-state index contributed by atoms with van der Waals surface area (Å²) in [5.74, 6) is 0. The van der Waals surface area contributed by atoms with Crippen LogP contribution in [0.4, 0.5) is 0 Å². The lowest BCUT2D eigenvalue weighted by Crippen LogP contribution is -2.25. The molecule has 0 saturated carbocycles. The maximum Gasteiger partial charge on any atom is 0.279 e. The molecule has 0 fully saturated rings. The predicted octanol–water partition coefficient (Wildman–Crippen LogP) is 1.43. The third kappa shape index (κ3) is 1.38. The minimum atomic E-state index is -0.147. The van der Waals surface area contributed by atoms with Gasteiger partial charge in [-0.05, 0) is 28.6 Å². The number of benzene rings is 2. The number of aromatic nitrogens is 5. The molecule has 4 rings (SSSR count). The van der Waals surface area contributed by atoms with Crippen LogP contribution in [-0.2, 0) is 0 Å². The van der Waals surface area contributed by atoms with Gasteiger partial charge in [-0.2, -0.15) is 4.68 Å². The topological polar surface area (TPSA) is 65.1 Å². The van der Waals surface area contributed by atoms with Gasteiger partial charge in [0, 0.05) is 5.39 Å². The van der Waals surface area contributed by atoms with Gasteiger partial charge in [0.05, 0.1) is 11.1 Å². The monoisotopic (exact) mass is 263 g/mol. The molecular weight excluding hydrogens is 254 g/mol. The number of tetrazole rings is 1. The summed E-state index contributed by atoms with van der Waals surface area (Å²) in [4.78, 5) is 12.7. The first kappa shape index (κ1) is 10.9. The van der Waals surface area contributed by atoms with Crippen molar-refractivity contribution < 1.29 is 0 Å². The average Bonchev–Trinajstić information content (AvgIpc) is 2.98. The van der Waals surface area contributed by atoms with Crippen molar-refractivity contribution in [1.29, 1.82) is 0 Å². The quantitative estimate of drug-likeness (QED) is 0.521. The van der Waals surface area contributed by atoms with E-state index in [0.29, 0.717) is 11.0 Å². The van der Waals surface area contributed by atoms with Crippen LogP contribution in [0.15, 0.2) is 59.4 Å². The molecule has 2 aromatic carbocycles. The lowest BCUT2D eigenvalue weighted by atomic mass is 10.2. The summed E-state index contributed by atoms with van der Waals surface area (Å²) in [6.07, 6.45) is 0. The highest BCUT2D eigenvalue weighted by atomic mass is 16.1. The molecular formula is C14H9N5O. The first-order valence-corrected chi connectivity index (χ1v) is 6.14. The van der Waals surface area contributed by atoms with Crippen molar-refractivity contribution in [1.82, 2.24) is 24.8 Å². The van der Waals surface area contributed by atoms with Gasteiger partial charge in [-0.15, -0.1) is 9.73 Å². The minimum absolute atomic E-state index is 0.147. The van der Waals surface area contributed by atoms with Crippen LogP contribution in [0.2, 0.25) is 0 Å². The van der Waals surface area contributed by atoms with Crippen molar-refractivity contribution >= 4 is 16.4 Å². The van der Waals surface area contributed by atoms with Crippen molar-refractivity contribution in [3.63, 3.8) is 0 Å². The third-order valence-corrected chi connectivity index (χ3v) is 3.23. The highest BCUT2D eigenvalue weighted by molar-refractivity contribution is 5.92. The standard InChI is InChI=1S/C14H9N5O/c20-14-12-9-5-4-8-11(12)13-15-16-17-19(13)18(14)10-6-2-1-3-7-10/h1-9H. The second-order valence-electron chi connectivity index (χ2n) is 4.39. The van der Waals surface area contributed by atoms with Crippen molar-refractivity contribution in [2.75, 3.05) is 0 Å². The fourth-order valence-corrected chi connectivity index (χ4v) is 2.34. The Kier molecular flexibility index (Phi) is 2.17. The van der Waals surface area contributed by atoms with Crippen molar-refractivity contribution in [3.8, 4) is 5.69 Å². The number of para-hydroxylation sites is 1. The molecule has 20 heavy (non-hydrogen) atoms. The molecule has 0 aliphatic carbocycles. The number of fused-ring (bicyclic) bond motifs is 3. The molecule has 0 bridgehead atoms. The summed E-state index contributed by atoms with van der Waals surface area (Å²) < 4.78 is 2.90. The van der Waals surface area contributed by atoms with Crippen LogP contribution in [0.1, 0.15) is 0 Å². The first-order valence-electron chi connectivity index (χ1n) is 6.14. The van der Waals surface area contributed by atoms with E-state index in [9.17, 15) is 4.79 Å². The van der Waals surface area contributed by atoms with Gasteiger partial charge in [0.1, 0.15) is 0 Å². The molecule has 96 valence electrons. The summed E-state index contributed by atoms with van der Waals surface area (Å²) >= 11 is 0. The van der Waals surface area contributed by atoms with Gasteiger partial charge in [0.15, 0.2) is 0 Å². The van der Waals surface area contributed by atoms with Gasteiger partial charge in [0.25, 0.3) is 5.56 Å². The highest BCUT2D eigenvalue weighted by Gasteiger charge is 2.13. The second-order valence-corrected chi connectivity index (χ2v) is 4.39. The van der Waals surface area contributed by atoms with Crippen LogP contribution in [0.3, 0.4) is 0 Å². The van der Waals surface area contributed by atoms with E-state index in [-0.39, 0.29) is 5.56 Å². The summed E-state index contributed by atoms with van der Waals surface area (Å²) in [6, 6.07) is 16.6. The smallest absolute Gasteiger partial charge is 0.267 e. The normalized spacial score (nSPS) is 11.2. The highest BCUT2D eigenvalue weighted by Crippen LogP contribution is 2.15. The van der Waals surface area contributed by atoms with E-state index in [1.165, 1.54) is 9.31 Å². The Hall–Kier alpha value is -3.02. The van der Waals surface area contributed by atoms with Crippen LogP contribution in [-0.4, -0.2) is 24.8 Å². The van der Waals surface area contributed by atoms with E-state index in [1.54, 1.807) is 6.07 Å². The molecule has 2 heterocycles. The lowest BCUT2D eigenvalue weighted by molar-refractivity contribution is 0.640. The van der Waals surface area contributed by atoms with Gasteiger partial charge in [-0.25, -0.2) is 0 Å². The Bertz CT molecular complexity index is 971. The second kappa shape index (κ2) is 3.99. The van der Waals surface area contributed by atoms with Gasteiger partial charge >= 0.3 is 0 Å². The fourth-order valence-electron chi connectivity index (χ4n) is 2.34. The van der Waals surface area contributed by atoms with Gasteiger partial charge < -0.3 is 0 Å². The van der Waals surface area contributed by atoms with E-state index in [4.69, 9.17) is 0 Å². The fraction of sp³-hybridized carbons (Fsp3) is 0. The number of nitrogens with zero attached hydrogens (tertiary/aromatic N) is 5. The minimum Gasteiger partial charge on any atom is -0.267 e. The van der Waals surface area contributed by atoms with Crippen molar-refractivity contribution in [2.24, 2.45) is 0 Å². The van der Waals surface area contributed by atoms with E-state index >= 15 is 0 Å². The Morgan fingerprint density at radius 1 is 0.850 bits per heavy atom.